The lowest BCUT2D eigenvalue weighted by atomic mass is 10.1. The van der Waals surface area contributed by atoms with Crippen LogP contribution in [-0.4, -0.2) is 38.7 Å². The lowest BCUT2D eigenvalue weighted by Gasteiger charge is -2.13. The molecule has 8 heteroatoms. The minimum absolute atomic E-state index is 0.103. The van der Waals surface area contributed by atoms with Gasteiger partial charge in [-0.05, 0) is 25.1 Å². The van der Waals surface area contributed by atoms with E-state index in [0.717, 1.165) is 0 Å². The van der Waals surface area contributed by atoms with E-state index in [1.54, 1.807) is 6.07 Å². The monoisotopic (exact) mass is 327 g/mol. The number of aromatic amines is 1. The Labute approximate surface area is 135 Å². The van der Waals surface area contributed by atoms with Crippen LogP contribution in [0.5, 0.6) is 5.75 Å². The first kappa shape index (κ1) is 15.5. The first-order valence-electron chi connectivity index (χ1n) is 6.95. The van der Waals surface area contributed by atoms with Crippen LogP contribution in [-0.2, 0) is 4.74 Å². The van der Waals surface area contributed by atoms with Gasteiger partial charge in [-0.1, -0.05) is 0 Å². The van der Waals surface area contributed by atoms with Crippen LogP contribution in [0.2, 0.25) is 0 Å². The number of rotatable bonds is 3. The molecule has 2 aliphatic rings. The van der Waals surface area contributed by atoms with E-state index in [1.807, 2.05) is 0 Å². The number of hydrogen-bond acceptors (Lipinski definition) is 6. The number of aromatic hydroxyl groups is 1. The average molecular weight is 327 g/mol. The summed E-state index contributed by atoms with van der Waals surface area (Å²) in [5.41, 5.74) is 0.685. The Balaban J connectivity index is 2.27. The topological polar surface area (TPSA) is 114 Å². The number of ether oxygens (including phenoxy) is 1. The Hall–Kier alpha value is -3.42. The first-order valence-corrected chi connectivity index (χ1v) is 6.95. The molecule has 0 radical (unpaired) electrons. The summed E-state index contributed by atoms with van der Waals surface area (Å²) in [6, 6.07) is 4.39. The van der Waals surface area contributed by atoms with Crippen molar-refractivity contribution in [1.82, 2.24) is 14.8 Å². The largest absolute Gasteiger partial charge is 0.507 e. The maximum absolute atomic E-state index is 12.0. The van der Waals surface area contributed by atoms with E-state index in [9.17, 15) is 19.5 Å². The lowest BCUT2D eigenvalue weighted by Crippen LogP contribution is -2.11. The molecule has 0 fully saturated rings. The number of pyridine rings is 1. The number of nitrogens with one attached hydrogen (secondary N) is 1. The molecule has 2 N–H and O–H groups in total. The van der Waals surface area contributed by atoms with Crippen LogP contribution in [0.4, 0.5) is 0 Å². The zero-order chi connectivity index (χ0) is 17.4. The minimum Gasteiger partial charge on any atom is -0.507 e. The zero-order valence-electron chi connectivity index (χ0n) is 12.9. The summed E-state index contributed by atoms with van der Waals surface area (Å²) in [6.07, 6.45) is 2.94. The van der Waals surface area contributed by atoms with Crippen LogP contribution in [0.3, 0.4) is 0 Å². The number of esters is 1. The molecule has 0 aromatic heterocycles. The number of hydrogen-bond donors (Lipinski definition) is 2. The summed E-state index contributed by atoms with van der Waals surface area (Å²) < 4.78 is 6.22. The van der Waals surface area contributed by atoms with Gasteiger partial charge in [0.2, 0.25) is 0 Å². The SMILES string of the molecule is COC(=O)c1cn(-c2ccc(O)c(C(C)=O)c2)cc2c(=O)[nH]nc1-2. The number of aromatic nitrogens is 3. The van der Waals surface area contributed by atoms with Gasteiger partial charge in [-0.3, -0.25) is 9.59 Å². The van der Waals surface area contributed by atoms with Gasteiger partial charge in [0.15, 0.2) is 5.78 Å². The number of carbonyl (C=O) groups excluding carboxylic acids is 2. The van der Waals surface area contributed by atoms with Gasteiger partial charge >= 0.3 is 5.97 Å². The molecule has 8 nitrogen and oxygen atoms in total. The smallest absolute Gasteiger partial charge is 0.341 e. The van der Waals surface area contributed by atoms with Crippen LogP contribution < -0.4 is 5.56 Å². The van der Waals surface area contributed by atoms with Crippen LogP contribution >= 0.6 is 0 Å². The van der Waals surface area contributed by atoms with Crippen molar-refractivity contribution in [2.24, 2.45) is 0 Å². The highest BCUT2D eigenvalue weighted by Gasteiger charge is 2.22. The van der Waals surface area contributed by atoms with E-state index in [4.69, 9.17) is 4.74 Å². The summed E-state index contributed by atoms with van der Waals surface area (Å²) in [5, 5.41) is 15.9. The average Bonchev–Trinajstić information content (AvgIpc) is 2.94. The number of benzene rings is 1. The maximum atomic E-state index is 12.0. The summed E-state index contributed by atoms with van der Waals surface area (Å²) in [5.74, 6) is -1.10. The third kappa shape index (κ3) is 2.43. The molecule has 24 heavy (non-hydrogen) atoms. The number of carbonyl (C=O) groups is 2. The Bertz CT molecular complexity index is 986. The Kier molecular flexibility index (Phi) is 3.64. The fourth-order valence-corrected chi connectivity index (χ4v) is 2.41. The third-order valence-corrected chi connectivity index (χ3v) is 3.62. The van der Waals surface area contributed by atoms with Gasteiger partial charge in [-0.2, -0.15) is 5.10 Å². The van der Waals surface area contributed by atoms with Crippen molar-refractivity contribution in [3.63, 3.8) is 0 Å². The van der Waals surface area contributed by atoms with Gasteiger partial charge in [0, 0.05) is 18.1 Å². The quantitative estimate of drug-likeness (QED) is 0.554. The molecule has 0 bridgehead atoms. The first-order chi connectivity index (χ1) is 11.4. The highest BCUT2D eigenvalue weighted by Crippen LogP contribution is 2.25. The van der Waals surface area contributed by atoms with Crippen LogP contribution in [0.1, 0.15) is 27.6 Å². The molecule has 2 aliphatic heterocycles. The third-order valence-electron chi connectivity index (χ3n) is 3.62. The molecule has 0 saturated carbocycles. The van der Waals surface area contributed by atoms with Crippen molar-refractivity contribution in [3.8, 4) is 22.7 Å². The number of phenols is 1. The Morgan fingerprint density at radius 3 is 2.67 bits per heavy atom. The molecule has 122 valence electrons. The van der Waals surface area contributed by atoms with Crippen LogP contribution in [0.25, 0.3) is 16.9 Å². The summed E-state index contributed by atoms with van der Waals surface area (Å²) in [7, 11) is 1.23. The molecule has 0 amide bonds. The fraction of sp³-hybridized carbons (Fsp3) is 0.125. The van der Waals surface area contributed by atoms with Crippen molar-refractivity contribution in [2.45, 2.75) is 6.92 Å². The van der Waals surface area contributed by atoms with Crippen molar-refractivity contribution < 1.29 is 19.4 Å². The van der Waals surface area contributed by atoms with Gasteiger partial charge in [0.1, 0.15) is 17.0 Å². The van der Waals surface area contributed by atoms with Gasteiger partial charge in [0.05, 0.1) is 18.2 Å². The Morgan fingerprint density at radius 1 is 1.25 bits per heavy atom. The Morgan fingerprint density at radius 2 is 2.00 bits per heavy atom. The number of H-pyrrole nitrogens is 1. The van der Waals surface area contributed by atoms with Gasteiger partial charge < -0.3 is 14.4 Å². The number of fused-ring (bicyclic) bond motifs is 1. The van der Waals surface area contributed by atoms with E-state index < -0.39 is 11.5 Å². The predicted octanol–water partition coefficient (Wildman–Crippen LogP) is 1.36. The van der Waals surface area contributed by atoms with Crippen molar-refractivity contribution in [1.29, 1.82) is 0 Å². The number of phenolic OH excluding ortho intramolecular Hbond substituents is 1. The highest BCUT2D eigenvalue weighted by molar-refractivity contribution is 5.98. The van der Waals surface area contributed by atoms with Crippen molar-refractivity contribution in [2.75, 3.05) is 7.11 Å². The molecule has 0 spiro atoms. The molecule has 2 heterocycles. The van der Waals surface area contributed by atoms with Gasteiger partial charge in [-0.15, -0.1) is 0 Å². The van der Waals surface area contributed by atoms with Crippen molar-refractivity contribution >= 4 is 11.8 Å². The fourth-order valence-electron chi connectivity index (χ4n) is 2.41. The van der Waals surface area contributed by atoms with Gasteiger partial charge in [0.25, 0.3) is 5.56 Å². The second-order valence-corrected chi connectivity index (χ2v) is 5.14. The predicted molar refractivity (Wildman–Crippen MR) is 83.8 cm³/mol. The molecular weight excluding hydrogens is 314 g/mol. The number of Topliss-reactive ketones (excluding diaryl/α,β-unsaturated/α-hetero) is 1. The summed E-state index contributed by atoms with van der Waals surface area (Å²) in [6.45, 7) is 1.33. The molecule has 0 unspecified atom stereocenters. The van der Waals surface area contributed by atoms with Crippen LogP contribution in [0, 0.1) is 0 Å². The normalized spacial score (nSPS) is 10.8. The molecule has 0 aliphatic carbocycles. The lowest BCUT2D eigenvalue weighted by molar-refractivity contribution is 0.0600. The molecule has 1 aromatic rings. The number of nitrogens with zero attached hydrogens (tertiary/aromatic N) is 2. The molecule has 0 atom stereocenters. The van der Waals surface area contributed by atoms with E-state index in [0.29, 0.717) is 5.69 Å². The van der Waals surface area contributed by atoms with E-state index in [-0.39, 0.29) is 33.9 Å². The molecule has 1 aromatic carbocycles. The van der Waals surface area contributed by atoms with E-state index in [1.165, 1.54) is 43.1 Å². The van der Waals surface area contributed by atoms with E-state index in [2.05, 4.69) is 10.2 Å². The number of methoxy groups -OCH3 is 1. The van der Waals surface area contributed by atoms with Gasteiger partial charge in [-0.25, -0.2) is 9.89 Å². The molecule has 0 saturated heterocycles. The summed E-state index contributed by atoms with van der Waals surface area (Å²) in [4.78, 5) is 35.4. The second kappa shape index (κ2) is 5.65. The highest BCUT2D eigenvalue weighted by atomic mass is 16.5. The minimum atomic E-state index is -0.647. The summed E-state index contributed by atoms with van der Waals surface area (Å²) >= 11 is 0. The van der Waals surface area contributed by atoms with E-state index >= 15 is 0 Å². The van der Waals surface area contributed by atoms with Crippen molar-refractivity contribution in [3.05, 3.63) is 52.1 Å². The second-order valence-electron chi connectivity index (χ2n) is 5.14. The standard InChI is InChI=1S/C16H13N3O5/c1-8(20)10-5-9(3-4-13(10)21)19-6-11-14(17-18-15(11)22)12(7-19)16(23)24-2/h3-7,21H,1-2H3,(H,18,22). The van der Waals surface area contributed by atoms with Crippen LogP contribution in [0.15, 0.2) is 35.4 Å². The molecular formula is C16H13N3O5. The zero-order valence-corrected chi connectivity index (χ0v) is 12.9. The molecule has 3 rings (SSSR count). The number of ketones is 1. The maximum Gasteiger partial charge on any atom is 0.341 e.